The van der Waals surface area contributed by atoms with E-state index >= 15 is 0 Å². The van der Waals surface area contributed by atoms with E-state index in [1.165, 1.54) is 6.07 Å². The second kappa shape index (κ2) is 12.2. The highest BCUT2D eigenvalue weighted by atomic mass is 32.2. The van der Waals surface area contributed by atoms with Crippen LogP contribution in [0.3, 0.4) is 0 Å². The van der Waals surface area contributed by atoms with Crippen molar-refractivity contribution in [3.8, 4) is 0 Å². The number of azo groups is 1. The van der Waals surface area contributed by atoms with Gasteiger partial charge in [0.15, 0.2) is 0 Å². The maximum atomic E-state index is 12.2. The van der Waals surface area contributed by atoms with Crippen molar-refractivity contribution < 1.29 is 13.0 Å². The number of hydrazine groups is 1. The molecular weight excluding hydrogens is 567 g/mol. The molecule has 0 aromatic heterocycles. The zero-order chi connectivity index (χ0) is 27.3. The van der Waals surface area contributed by atoms with E-state index in [-0.39, 0.29) is 10.6 Å². The maximum absolute atomic E-state index is 12.2. The zero-order valence-corrected chi connectivity index (χ0v) is 23.9. The van der Waals surface area contributed by atoms with E-state index < -0.39 is 15.0 Å². The van der Waals surface area contributed by atoms with Gasteiger partial charge in [-0.05, 0) is 67.4 Å². The summed E-state index contributed by atoms with van der Waals surface area (Å²) >= 11 is 18.4. The van der Waals surface area contributed by atoms with Crippen molar-refractivity contribution in [1.29, 1.82) is 5.41 Å². The highest BCUT2D eigenvalue weighted by Gasteiger charge is 2.23. The Morgan fingerprint density at radius 1 is 1.05 bits per heavy atom. The Kier molecular flexibility index (Phi) is 9.56. The van der Waals surface area contributed by atoms with Crippen molar-refractivity contribution in [2.24, 2.45) is 10.2 Å². The molecule has 13 heteroatoms. The Labute approximate surface area is 237 Å². The van der Waals surface area contributed by atoms with Gasteiger partial charge in [-0.25, -0.2) is 0 Å². The molecule has 3 aromatic carbocycles. The van der Waals surface area contributed by atoms with Crippen LogP contribution in [0.4, 0.5) is 22.7 Å². The second-order valence-electron chi connectivity index (χ2n) is 7.65. The molecule has 8 nitrogen and oxygen atoms in total. The van der Waals surface area contributed by atoms with E-state index in [1.54, 1.807) is 44.2 Å². The Hall–Kier alpha value is -2.68. The molecule has 0 heterocycles. The molecule has 3 rings (SSSR count). The van der Waals surface area contributed by atoms with Gasteiger partial charge < -0.3 is 10.8 Å². The minimum absolute atomic E-state index is 0.0447. The van der Waals surface area contributed by atoms with Crippen molar-refractivity contribution in [2.75, 3.05) is 10.9 Å². The third-order valence-electron chi connectivity index (χ3n) is 5.12. The lowest BCUT2D eigenvalue weighted by Gasteiger charge is -2.14. The van der Waals surface area contributed by atoms with Crippen LogP contribution >= 0.6 is 50.1 Å². The molecule has 0 amide bonds. The summed E-state index contributed by atoms with van der Waals surface area (Å²) < 4.78 is 34.3. The van der Waals surface area contributed by atoms with Crippen molar-refractivity contribution in [3.05, 3.63) is 65.2 Å². The fraction of sp³-hybridized carbons (Fsp3) is 0.0833. The lowest BCUT2D eigenvalue weighted by molar-refractivity contribution is 0.483. The number of thiocarbonyl (C=S) groups is 1. The molecule has 0 saturated heterocycles. The van der Waals surface area contributed by atoms with Crippen LogP contribution in [0.15, 0.2) is 78.4 Å². The SMILES string of the molecule is C/C=C\c1c(C(=S)C=N)cc(S(=O)(=O)O)c(N=Nc2ccc(NNc3cc(S)ccc3S)cc2S)c1C. The number of benzene rings is 3. The van der Waals surface area contributed by atoms with Crippen LogP contribution in [-0.2, 0) is 10.1 Å². The Morgan fingerprint density at radius 3 is 2.41 bits per heavy atom. The summed E-state index contributed by atoms with van der Waals surface area (Å²) in [4.78, 5) is 1.63. The van der Waals surface area contributed by atoms with Crippen LogP contribution in [0, 0.1) is 12.3 Å². The third-order valence-corrected chi connectivity index (χ3v) is 7.35. The molecule has 3 aromatic rings. The molecule has 37 heavy (non-hydrogen) atoms. The summed E-state index contributed by atoms with van der Waals surface area (Å²) in [6, 6.07) is 11.8. The first-order chi connectivity index (χ1) is 17.5. The number of hydrogen-bond acceptors (Lipinski definition) is 11. The Morgan fingerprint density at radius 2 is 1.78 bits per heavy atom. The molecule has 0 unspecified atom stereocenters. The van der Waals surface area contributed by atoms with Crippen LogP contribution in [0.5, 0.6) is 0 Å². The van der Waals surface area contributed by atoms with Crippen LogP contribution in [0.2, 0.25) is 0 Å². The molecule has 192 valence electrons. The molecule has 0 radical (unpaired) electrons. The Bertz CT molecular complexity index is 1550. The van der Waals surface area contributed by atoms with Gasteiger partial charge in [-0.15, -0.1) is 48.1 Å². The summed E-state index contributed by atoms with van der Waals surface area (Å²) in [6.45, 7) is 3.43. The number of allylic oxidation sites excluding steroid dienone is 1. The summed E-state index contributed by atoms with van der Waals surface area (Å²) in [7, 11) is -4.68. The maximum Gasteiger partial charge on any atom is 0.296 e. The lowest BCUT2D eigenvalue weighted by atomic mass is 9.97. The lowest BCUT2D eigenvalue weighted by Crippen LogP contribution is -2.09. The number of nitrogens with zero attached hydrogens (tertiary/aromatic N) is 2. The van der Waals surface area contributed by atoms with Gasteiger partial charge in [0.25, 0.3) is 10.1 Å². The summed E-state index contributed by atoms with van der Waals surface area (Å²) in [6.07, 6.45) is 4.42. The molecule has 0 fully saturated rings. The van der Waals surface area contributed by atoms with Gasteiger partial charge in [0.1, 0.15) is 10.6 Å². The van der Waals surface area contributed by atoms with Crippen LogP contribution < -0.4 is 10.9 Å². The molecule has 4 N–H and O–H groups in total. The standard InChI is InChI=1S/C24H23N5O3S5/c1-3-4-16-13(2)24(23(37(30,31)32)11-17(16)22(36)12-25)29-27-18-7-5-14(9-21(18)35)26-28-19-10-15(33)6-8-20(19)34/h3-12,25-26,28,33-35H,1-2H3,(H,30,31,32)/b4-3-,25-12?,29-27?. The fourth-order valence-electron chi connectivity index (χ4n) is 3.33. The summed E-state index contributed by atoms with van der Waals surface area (Å²) in [5.41, 5.74) is 9.15. The van der Waals surface area contributed by atoms with Crippen LogP contribution in [0.1, 0.15) is 23.6 Å². The fourth-order valence-corrected chi connectivity index (χ4v) is 4.86. The number of thiol groups is 3. The average Bonchev–Trinajstić information content (AvgIpc) is 2.84. The number of rotatable bonds is 9. The van der Waals surface area contributed by atoms with E-state index in [4.69, 9.17) is 17.6 Å². The van der Waals surface area contributed by atoms with Gasteiger partial charge in [-0.3, -0.25) is 9.98 Å². The van der Waals surface area contributed by atoms with E-state index in [9.17, 15) is 13.0 Å². The smallest absolute Gasteiger partial charge is 0.296 e. The molecule has 0 aliphatic rings. The topological polar surface area (TPSA) is 127 Å². The monoisotopic (exact) mass is 589 g/mol. The highest BCUT2D eigenvalue weighted by molar-refractivity contribution is 7.86. The normalized spacial score (nSPS) is 11.7. The molecule has 0 spiro atoms. The number of hydrogen-bond donors (Lipinski definition) is 7. The van der Waals surface area contributed by atoms with Gasteiger partial charge in [0, 0.05) is 26.5 Å². The van der Waals surface area contributed by atoms with Gasteiger partial charge in [-0.1, -0.05) is 24.4 Å². The van der Waals surface area contributed by atoms with E-state index in [0.717, 1.165) is 21.7 Å². The molecule has 0 atom stereocenters. The minimum Gasteiger partial charge on any atom is -0.307 e. The average molecular weight is 590 g/mol. The number of anilines is 2. The predicted octanol–water partition coefficient (Wildman–Crippen LogP) is 7.36. The van der Waals surface area contributed by atoms with Crippen molar-refractivity contribution in [2.45, 2.75) is 33.4 Å². The third kappa shape index (κ3) is 7.00. The van der Waals surface area contributed by atoms with Gasteiger partial charge in [0.05, 0.1) is 21.9 Å². The van der Waals surface area contributed by atoms with Crippen LogP contribution in [0.25, 0.3) is 6.08 Å². The van der Waals surface area contributed by atoms with E-state index in [2.05, 4.69) is 59.0 Å². The molecule has 0 bridgehead atoms. The molecule has 0 aliphatic carbocycles. The number of nitrogens with one attached hydrogen (secondary N) is 3. The summed E-state index contributed by atoms with van der Waals surface area (Å²) in [5.74, 6) is 0. The Balaban J connectivity index is 1.98. The first-order valence-electron chi connectivity index (χ1n) is 10.6. The van der Waals surface area contributed by atoms with Gasteiger partial charge in [-0.2, -0.15) is 8.42 Å². The van der Waals surface area contributed by atoms with Crippen LogP contribution in [-0.4, -0.2) is 24.0 Å². The second-order valence-corrected chi connectivity index (χ2v) is 11.0. The summed E-state index contributed by atoms with van der Waals surface area (Å²) in [5, 5.41) is 15.8. The predicted molar refractivity (Wildman–Crippen MR) is 162 cm³/mol. The first-order valence-corrected chi connectivity index (χ1v) is 13.8. The molecule has 0 aliphatic heterocycles. The van der Waals surface area contributed by atoms with E-state index in [1.807, 2.05) is 18.2 Å². The quantitative estimate of drug-likeness (QED) is 0.0266. The van der Waals surface area contributed by atoms with Gasteiger partial charge >= 0.3 is 0 Å². The molecule has 0 saturated carbocycles. The van der Waals surface area contributed by atoms with E-state index in [0.29, 0.717) is 33.0 Å². The molecular formula is C24H23N5O3S5. The van der Waals surface area contributed by atoms with Crippen molar-refractivity contribution in [3.63, 3.8) is 0 Å². The highest BCUT2D eigenvalue weighted by Crippen LogP contribution is 2.37. The minimum atomic E-state index is -4.68. The van der Waals surface area contributed by atoms with Crippen molar-refractivity contribution >= 4 is 100 Å². The van der Waals surface area contributed by atoms with Crippen molar-refractivity contribution in [1.82, 2.24) is 0 Å². The first kappa shape index (κ1) is 28.9. The largest absolute Gasteiger partial charge is 0.307 e. The zero-order valence-electron chi connectivity index (χ0n) is 19.6. The van der Waals surface area contributed by atoms with Gasteiger partial charge in [0.2, 0.25) is 0 Å².